The molecule has 0 aliphatic carbocycles. The Hall–Kier alpha value is -3.59. The summed E-state index contributed by atoms with van der Waals surface area (Å²) in [6.45, 7) is 12.0. The molecule has 0 aliphatic rings. The van der Waals surface area contributed by atoms with Gasteiger partial charge in [0.15, 0.2) is 0 Å². The third-order valence-electron chi connectivity index (χ3n) is 5.22. The molecule has 6 heteroatoms. The average Bonchev–Trinajstić information content (AvgIpc) is 3.27. The number of amides is 1. The Morgan fingerprint density at radius 1 is 1.17 bits per heavy atom. The number of para-hydroxylation sites is 1. The topological polar surface area (TPSA) is 75.6 Å². The second-order valence-electron chi connectivity index (χ2n) is 7.78. The van der Waals surface area contributed by atoms with Crippen molar-refractivity contribution in [3.8, 4) is 11.9 Å². The van der Waals surface area contributed by atoms with Gasteiger partial charge in [0.1, 0.15) is 17.5 Å². The lowest BCUT2D eigenvalue weighted by atomic mass is 10.1. The van der Waals surface area contributed by atoms with E-state index in [1.165, 1.54) is 0 Å². The van der Waals surface area contributed by atoms with Crippen molar-refractivity contribution in [1.82, 2.24) is 14.3 Å². The number of benzene rings is 1. The quantitative estimate of drug-likeness (QED) is 0.481. The van der Waals surface area contributed by atoms with Crippen LogP contribution >= 0.6 is 0 Å². The summed E-state index contributed by atoms with van der Waals surface area (Å²) in [6, 6.07) is 12.0. The summed E-state index contributed by atoms with van der Waals surface area (Å²) in [4.78, 5) is 12.8. The molecule has 0 radical (unpaired) electrons. The van der Waals surface area contributed by atoms with Gasteiger partial charge in [0.2, 0.25) is 0 Å². The van der Waals surface area contributed by atoms with Crippen LogP contribution in [-0.4, -0.2) is 20.3 Å². The van der Waals surface area contributed by atoms with E-state index >= 15 is 0 Å². The monoisotopic (exact) mass is 401 g/mol. The highest BCUT2D eigenvalue weighted by Gasteiger charge is 2.17. The van der Waals surface area contributed by atoms with Gasteiger partial charge in [-0.25, -0.2) is 4.68 Å². The van der Waals surface area contributed by atoms with Gasteiger partial charge in [0, 0.05) is 29.2 Å². The van der Waals surface area contributed by atoms with Crippen LogP contribution in [0.5, 0.6) is 0 Å². The van der Waals surface area contributed by atoms with Gasteiger partial charge in [0.25, 0.3) is 5.91 Å². The van der Waals surface area contributed by atoms with Crippen molar-refractivity contribution < 1.29 is 4.79 Å². The molecule has 0 saturated heterocycles. The summed E-state index contributed by atoms with van der Waals surface area (Å²) in [5, 5.41) is 16.9. The van der Waals surface area contributed by atoms with Crippen molar-refractivity contribution >= 4 is 17.7 Å². The first-order valence-corrected chi connectivity index (χ1v) is 9.96. The van der Waals surface area contributed by atoms with Crippen LogP contribution in [0, 0.1) is 39.0 Å². The van der Waals surface area contributed by atoms with Gasteiger partial charge in [0.05, 0.1) is 6.20 Å². The molecule has 0 fully saturated rings. The second-order valence-corrected chi connectivity index (χ2v) is 7.78. The number of aryl methyl sites for hydroxylation is 3. The molecule has 3 aromatic rings. The van der Waals surface area contributed by atoms with Crippen molar-refractivity contribution in [3.05, 3.63) is 70.2 Å². The molecule has 1 amide bonds. The fourth-order valence-corrected chi connectivity index (χ4v) is 3.67. The molecular formula is C24H27N5O. The van der Waals surface area contributed by atoms with E-state index in [2.05, 4.69) is 34.9 Å². The molecule has 0 saturated carbocycles. The molecule has 6 nitrogen and oxygen atoms in total. The molecule has 0 spiro atoms. The summed E-state index contributed by atoms with van der Waals surface area (Å²) in [6.07, 6.45) is 3.43. The molecule has 0 atom stereocenters. The number of nitrogens with one attached hydrogen (secondary N) is 1. The summed E-state index contributed by atoms with van der Waals surface area (Å²) < 4.78 is 4.05. The summed E-state index contributed by atoms with van der Waals surface area (Å²) in [5.74, 6) is 0.546. The third kappa shape index (κ3) is 3.92. The van der Waals surface area contributed by atoms with Crippen LogP contribution in [0.15, 0.2) is 42.1 Å². The molecule has 0 bridgehead atoms. The summed E-state index contributed by atoms with van der Waals surface area (Å²) in [5.41, 5.74) is 5.51. The molecule has 0 unspecified atom stereocenters. The fraction of sp³-hybridized carbons (Fsp3) is 0.292. The number of nitriles is 1. The second kappa shape index (κ2) is 8.42. The smallest absolute Gasteiger partial charge is 0.266 e. The Labute approximate surface area is 177 Å². The lowest BCUT2D eigenvalue weighted by molar-refractivity contribution is -0.112. The number of carbonyl (C=O) groups excluding carboxylic acids is 1. The molecule has 3 rings (SSSR count). The zero-order chi connectivity index (χ0) is 22.0. The van der Waals surface area contributed by atoms with Crippen LogP contribution < -0.4 is 5.32 Å². The zero-order valence-corrected chi connectivity index (χ0v) is 18.3. The molecule has 30 heavy (non-hydrogen) atoms. The normalized spacial score (nSPS) is 11.6. The maximum Gasteiger partial charge on any atom is 0.266 e. The van der Waals surface area contributed by atoms with Gasteiger partial charge in [-0.1, -0.05) is 18.2 Å². The van der Waals surface area contributed by atoms with Crippen molar-refractivity contribution in [1.29, 1.82) is 5.26 Å². The predicted octanol–water partition coefficient (Wildman–Crippen LogP) is 5.03. The van der Waals surface area contributed by atoms with Crippen LogP contribution in [0.2, 0.25) is 0 Å². The zero-order valence-electron chi connectivity index (χ0n) is 18.3. The number of aromatic nitrogens is 3. The van der Waals surface area contributed by atoms with E-state index < -0.39 is 5.91 Å². The van der Waals surface area contributed by atoms with Crippen LogP contribution in [-0.2, 0) is 4.79 Å². The number of hydrogen-bond acceptors (Lipinski definition) is 3. The summed E-state index contributed by atoms with van der Waals surface area (Å²) >= 11 is 0. The van der Waals surface area contributed by atoms with Crippen LogP contribution in [0.25, 0.3) is 11.9 Å². The highest BCUT2D eigenvalue weighted by Crippen LogP contribution is 2.25. The van der Waals surface area contributed by atoms with Gasteiger partial charge in [-0.2, -0.15) is 10.4 Å². The third-order valence-corrected chi connectivity index (χ3v) is 5.22. The predicted molar refractivity (Wildman–Crippen MR) is 120 cm³/mol. The molecule has 154 valence electrons. The Kier molecular flexibility index (Phi) is 5.93. The number of anilines is 1. The standard InChI is InChI=1S/C24H27N5O/c1-15(2)29-22(10-11-26-29)28-18(5)12-20(19(28)6)13-21(14-25)24(30)27-23-16(3)8-7-9-17(23)4/h7-13,15H,1-6H3,(H,27,30)/b21-13+. The van der Waals surface area contributed by atoms with Crippen LogP contribution in [0.3, 0.4) is 0 Å². The van der Waals surface area contributed by atoms with Crippen molar-refractivity contribution in [2.75, 3.05) is 5.32 Å². The van der Waals surface area contributed by atoms with Gasteiger partial charge < -0.3 is 9.88 Å². The molecule has 2 aromatic heterocycles. The SMILES string of the molecule is Cc1cccc(C)c1NC(=O)/C(C#N)=C/c1cc(C)n(-c2ccnn2C(C)C)c1C. The lowest BCUT2D eigenvalue weighted by Gasteiger charge is -2.15. The maximum absolute atomic E-state index is 12.8. The van der Waals surface area contributed by atoms with Crippen LogP contribution in [0.4, 0.5) is 5.69 Å². The Morgan fingerprint density at radius 2 is 1.83 bits per heavy atom. The molecule has 0 aliphatic heterocycles. The van der Waals surface area contributed by atoms with E-state index in [1.54, 1.807) is 12.3 Å². The average molecular weight is 402 g/mol. The largest absolute Gasteiger partial charge is 0.321 e. The van der Waals surface area contributed by atoms with E-state index in [-0.39, 0.29) is 11.6 Å². The van der Waals surface area contributed by atoms with Crippen molar-refractivity contribution in [2.45, 2.75) is 47.6 Å². The number of carbonyl (C=O) groups is 1. The van der Waals surface area contributed by atoms with Gasteiger partial charge in [-0.3, -0.25) is 4.79 Å². The minimum Gasteiger partial charge on any atom is -0.321 e. The number of hydrogen-bond donors (Lipinski definition) is 1. The molecular weight excluding hydrogens is 374 g/mol. The summed E-state index contributed by atoms with van der Waals surface area (Å²) in [7, 11) is 0. The molecule has 1 N–H and O–H groups in total. The van der Waals surface area contributed by atoms with Gasteiger partial charge in [-0.05, 0) is 70.4 Å². The number of nitrogens with zero attached hydrogens (tertiary/aromatic N) is 4. The fourth-order valence-electron chi connectivity index (χ4n) is 3.67. The van der Waals surface area contributed by atoms with E-state index in [4.69, 9.17) is 0 Å². The highest BCUT2D eigenvalue weighted by molar-refractivity contribution is 6.10. The van der Waals surface area contributed by atoms with E-state index in [1.807, 2.05) is 62.7 Å². The Balaban J connectivity index is 1.98. The first kappa shape index (κ1) is 21.1. The van der Waals surface area contributed by atoms with E-state index in [0.717, 1.165) is 39.6 Å². The van der Waals surface area contributed by atoms with E-state index in [9.17, 15) is 10.1 Å². The Morgan fingerprint density at radius 3 is 2.43 bits per heavy atom. The first-order chi connectivity index (χ1) is 14.2. The van der Waals surface area contributed by atoms with Crippen molar-refractivity contribution in [3.63, 3.8) is 0 Å². The molecule has 2 heterocycles. The highest BCUT2D eigenvalue weighted by atomic mass is 16.1. The maximum atomic E-state index is 12.8. The first-order valence-electron chi connectivity index (χ1n) is 9.96. The van der Waals surface area contributed by atoms with Gasteiger partial charge in [-0.15, -0.1) is 0 Å². The van der Waals surface area contributed by atoms with E-state index in [0.29, 0.717) is 0 Å². The minimum absolute atomic E-state index is 0.0651. The van der Waals surface area contributed by atoms with Gasteiger partial charge >= 0.3 is 0 Å². The van der Waals surface area contributed by atoms with Crippen LogP contribution in [0.1, 0.15) is 48.0 Å². The number of rotatable bonds is 5. The molecule has 1 aromatic carbocycles. The Bertz CT molecular complexity index is 1150. The van der Waals surface area contributed by atoms with Crippen molar-refractivity contribution in [2.24, 2.45) is 0 Å². The minimum atomic E-state index is -0.410. The lowest BCUT2D eigenvalue weighted by Crippen LogP contribution is -2.15.